The summed E-state index contributed by atoms with van der Waals surface area (Å²) < 4.78 is 5.51. The number of carbonyl (C=O) groups is 1. The third-order valence-electron chi connectivity index (χ3n) is 5.52. The molecule has 1 heterocycles. The number of carbonyl (C=O) groups excluding carboxylic acids is 1. The summed E-state index contributed by atoms with van der Waals surface area (Å²) in [5.74, 6) is 0.621. The van der Waals surface area contributed by atoms with Gasteiger partial charge in [-0.1, -0.05) is 20.8 Å². The highest BCUT2D eigenvalue weighted by molar-refractivity contribution is 5.80. The van der Waals surface area contributed by atoms with Gasteiger partial charge in [0.25, 0.3) is 0 Å². The number of amides is 1. The van der Waals surface area contributed by atoms with Crippen LogP contribution in [0.5, 0.6) is 0 Å². The Labute approximate surface area is 116 Å². The molecule has 1 amide bonds. The van der Waals surface area contributed by atoms with Gasteiger partial charge in [-0.3, -0.25) is 4.79 Å². The Bertz CT molecular complexity index is 343. The van der Waals surface area contributed by atoms with Crippen molar-refractivity contribution in [1.82, 2.24) is 5.32 Å². The third-order valence-corrected chi connectivity index (χ3v) is 5.52. The molecule has 19 heavy (non-hydrogen) atoms. The van der Waals surface area contributed by atoms with Gasteiger partial charge in [-0.2, -0.15) is 0 Å². The predicted octanol–water partition coefficient (Wildman–Crippen LogP) is 1.68. The van der Waals surface area contributed by atoms with Crippen LogP contribution in [0.2, 0.25) is 0 Å². The van der Waals surface area contributed by atoms with Crippen LogP contribution in [0.15, 0.2) is 0 Å². The molecule has 4 heteroatoms. The second-order valence-corrected chi connectivity index (χ2v) is 6.88. The van der Waals surface area contributed by atoms with Crippen molar-refractivity contribution < 1.29 is 9.53 Å². The van der Waals surface area contributed by atoms with Crippen molar-refractivity contribution in [3.05, 3.63) is 0 Å². The molecule has 4 nitrogen and oxygen atoms in total. The van der Waals surface area contributed by atoms with Gasteiger partial charge >= 0.3 is 0 Å². The minimum absolute atomic E-state index is 0.0373. The molecule has 5 unspecified atom stereocenters. The maximum Gasteiger partial charge on any atom is 0.223 e. The van der Waals surface area contributed by atoms with Crippen LogP contribution in [0.25, 0.3) is 0 Å². The standard InChI is InChI=1S/C15H28N2O2/c1-9-12(16)6-5-11(15(9,3)4)14(18)17-13-7-8-19-10(13)2/h9-13H,5-8,16H2,1-4H3,(H,17,18). The van der Waals surface area contributed by atoms with Gasteiger partial charge in [-0.05, 0) is 37.5 Å². The average molecular weight is 268 g/mol. The van der Waals surface area contributed by atoms with Crippen molar-refractivity contribution in [3.8, 4) is 0 Å². The first-order valence-corrected chi connectivity index (χ1v) is 7.51. The second-order valence-electron chi connectivity index (χ2n) is 6.88. The van der Waals surface area contributed by atoms with E-state index in [0.29, 0.717) is 5.92 Å². The quantitative estimate of drug-likeness (QED) is 0.801. The van der Waals surface area contributed by atoms with E-state index in [2.05, 4.69) is 26.1 Å². The predicted molar refractivity (Wildman–Crippen MR) is 75.6 cm³/mol. The van der Waals surface area contributed by atoms with Crippen molar-refractivity contribution in [2.24, 2.45) is 23.0 Å². The summed E-state index contributed by atoms with van der Waals surface area (Å²) >= 11 is 0. The second kappa shape index (κ2) is 5.41. The maximum atomic E-state index is 12.6. The molecular formula is C15H28N2O2. The zero-order chi connectivity index (χ0) is 14.2. The van der Waals surface area contributed by atoms with Crippen molar-refractivity contribution in [3.63, 3.8) is 0 Å². The Balaban J connectivity index is 2.02. The van der Waals surface area contributed by atoms with Crippen LogP contribution in [0.4, 0.5) is 0 Å². The largest absolute Gasteiger partial charge is 0.376 e. The van der Waals surface area contributed by atoms with Crippen LogP contribution < -0.4 is 11.1 Å². The Morgan fingerprint density at radius 1 is 1.26 bits per heavy atom. The minimum atomic E-state index is -0.0373. The molecule has 110 valence electrons. The fraction of sp³-hybridized carbons (Fsp3) is 0.933. The molecule has 2 fully saturated rings. The van der Waals surface area contributed by atoms with Crippen LogP contribution >= 0.6 is 0 Å². The van der Waals surface area contributed by atoms with E-state index >= 15 is 0 Å². The van der Waals surface area contributed by atoms with E-state index in [4.69, 9.17) is 10.5 Å². The lowest BCUT2D eigenvalue weighted by atomic mass is 9.61. The van der Waals surface area contributed by atoms with E-state index < -0.39 is 0 Å². The molecule has 0 spiro atoms. The summed E-state index contributed by atoms with van der Waals surface area (Å²) in [7, 11) is 0. The fourth-order valence-electron chi connectivity index (χ4n) is 3.52. The summed E-state index contributed by atoms with van der Waals surface area (Å²) in [6.45, 7) is 9.31. The number of hydrogen-bond donors (Lipinski definition) is 2. The highest BCUT2D eigenvalue weighted by Gasteiger charge is 2.45. The fourth-order valence-corrected chi connectivity index (χ4v) is 3.52. The number of hydrogen-bond acceptors (Lipinski definition) is 3. The van der Waals surface area contributed by atoms with Crippen molar-refractivity contribution in [1.29, 1.82) is 0 Å². The van der Waals surface area contributed by atoms with Gasteiger partial charge in [0.15, 0.2) is 0 Å². The zero-order valence-electron chi connectivity index (χ0n) is 12.6. The topological polar surface area (TPSA) is 64.3 Å². The molecule has 2 rings (SSSR count). The molecular weight excluding hydrogens is 240 g/mol. The van der Waals surface area contributed by atoms with Crippen molar-refractivity contribution >= 4 is 5.91 Å². The van der Waals surface area contributed by atoms with E-state index in [0.717, 1.165) is 25.9 Å². The molecule has 0 aromatic rings. The van der Waals surface area contributed by atoms with Gasteiger partial charge in [-0.25, -0.2) is 0 Å². The lowest BCUT2D eigenvalue weighted by Crippen LogP contribution is -2.53. The van der Waals surface area contributed by atoms with Crippen LogP contribution in [0.3, 0.4) is 0 Å². The summed E-state index contributed by atoms with van der Waals surface area (Å²) in [6, 6.07) is 0.391. The van der Waals surface area contributed by atoms with Crippen LogP contribution in [0.1, 0.15) is 47.0 Å². The van der Waals surface area contributed by atoms with Gasteiger partial charge in [-0.15, -0.1) is 0 Å². The molecule has 0 radical (unpaired) electrons. The summed E-state index contributed by atoms with van der Waals surface area (Å²) in [6.07, 6.45) is 2.90. The summed E-state index contributed by atoms with van der Waals surface area (Å²) in [5.41, 5.74) is 6.11. The Morgan fingerprint density at radius 2 is 1.95 bits per heavy atom. The van der Waals surface area contributed by atoms with Crippen LogP contribution in [-0.4, -0.2) is 30.7 Å². The van der Waals surface area contributed by atoms with Crippen molar-refractivity contribution in [2.45, 2.75) is 65.1 Å². The lowest BCUT2D eigenvalue weighted by molar-refractivity contribution is -0.133. The monoisotopic (exact) mass is 268 g/mol. The molecule has 0 aromatic carbocycles. The van der Waals surface area contributed by atoms with Gasteiger partial charge in [0.1, 0.15) is 0 Å². The molecule has 1 aliphatic heterocycles. The smallest absolute Gasteiger partial charge is 0.223 e. The zero-order valence-corrected chi connectivity index (χ0v) is 12.6. The highest BCUT2D eigenvalue weighted by atomic mass is 16.5. The van der Waals surface area contributed by atoms with Gasteiger partial charge < -0.3 is 15.8 Å². The molecule has 1 saturated carbocycles. The SMILES string of the molecule is CC1OCCC1NC(=O)C1CCC(N)C(C)C1(C)C. The first-order chi connectivity index (χ1) is 8.84. The molecule has 0 bridgehead atoms. The van der Waals surface area contributed by atoms with E-state index in [1.54, 1.807) is 0 Å². The summed E-state index contributed by atoms with van der Waals surface area (Å²) in [5, 5.41) is 3.18. The summed E-state index contributed by atoms with van der Waals surface area (Å²) in [4.78, 5) is 12.6. The Morgan fingerprint density at radius 3 is 2.53 bits per heavy atom. The highest BCUT2D eigenvalue weighted by Crippen LogP contribution is 2.44. The van der Waals surface area contributed by atoms with E-state index in [-0.39, 0.29) is 35.4 Å². The Hall–Kier alpha value is -0.610. The molecule has 3 N–H and O–H groups in total. The van der Waals surface area contributed by atoms with E-state index in [1.165, 1.54) is 0 Å². The first kappa shape index (κ1) is 14.8. The number of nitrogens with two attached hydrogens (primary N) is 1. The van der Waals surface area contributed by atoms with Gasteiger partial charge in [0, 0.05) is 18.6 Å². The molecule has 0 aromatic heterocycles. The Kier molecular flexibility index (Phi) is 4.21. The minimum Gasteiger partial charge on any atom is -0.376 e. The maximum absolute atomic E-state index is 12.6. The number of nitrogens with one attached hydrogen (secondary N) is 1. The lowest BCUT2D eigenvalue weighted by Gasteiger charge is -2.46. The molecule has 1 aliphatic carbocycles. The first-order valence-electron chi connectivity index (χ1n) is 7.51. The van der Waals surface area contributed by atoms with Gasteiger partial charge in [0.05, 0.1) is 12.1 Å². The van der Waals surface area contributed by atoms with Crippen LogP contribution in [-0.2, 0) is 9.53 Å². The van der Waals surface area contributed by atoms with E-state index in [1.807, 2.05) is 6.92 Å². The average Bonchev–Trinajstić information content (AvgIpc) is 2.72. The van der Waals surface area contributed by atoms with Crippen LogP contribution in [0, 0.1) is 17.3 Å². The third kappa shape index (κ3) is 2.79. The normalized spacial score (nSPS) is 42.1. The molecule has 5 atom stereocenters. The van der Waals surface area contributed by atoms with Gasteiger partial charge in [0.2, 0.25) is 5.91 Å². The molecule has 1 saturated heterocycles. The number of ether oxygens (including phenoxy) is 1. The molecule has 2 aliphatic rings. The number of rotatable bonds is 2. The van der Waals surface area contributed by atoms with Crippen molar-refractivity contribution in [2.75, 3.05) is 6.61 Å². The van der Waals surface area contributed by atoms with E-state index in [9.17, 15) is 4.79 Å².